The molecular weight excluding hydrogens is 285 g/mol. The average molecular weight is 297 g/mol. The van der Waals surface area contributed by atoms with Crippen LogP contribution >= 0.6 is 0 Å². The van der Waals surface area contributed by atoms with Gasteiger partial charge < -0.3 is 0 Å². The Morgan fingerprint density at radius 3 is 2.36 bits per heavy atom. The van der Waals surface area contributed by atoms with Crippen LogP contribution in [-0.4, -0.2) is 19.6 Å². The summed E-state index contributed by atoms with van der Waals surface area (Å²) >= 11 is 0. The fraction of sp³-hybridized carbons (Fsp3) is 0.500. The van der Waals surface area contributed by atoms with E-state index in [1.54, 1.807) is 28.9 Å². The standard InChI is InChI=1S/C16H12FN3O2/c17-16-10-8-7-9(10)13(16)20-15(22)18(6-4-2-1-3-5-6)14(21)19(20)12(7)11(8)16/h1-5,7-13H/t7-,8-,9-,10-,11-,12+,13+,16+/m1/s1. The molecule has 0 N–H and O–H groups in total. The first-order valence-corrected chi connectivity index (χ1v) is 7.88. The van der Waals surface area contributed by atoms with Crippen molar-refractivity contribution < 1.29 is 4.39 Å². The molecule has 8 atom stereocenters. The summed E-state index contributed by atoms with van der Waals surface area (Å²) in [6, 6.07) is 8.45. The van der Waals surface area contributed by atoms with Gasteiger partial charge in [0.1, 0.15) is 5.67 Å². The number of hydrogen-bond acceptors (Lipinski definition) is 2. The van der Waals surface area contributed by atoms with Crippen molar-refractivity contribution in [1.29, 1.82) is 0 Å². The predicted octanol–water partition coefficient (Wildman–Crippen LogP) is 0.740. The predicted molar refractivity (Wildman–Crippen MR) is 73.7 cm³/mol. The summed E-state index contributed by atoms with van der Waals surface area (Å²) in [5.41, 5.74) is -1.32. The zero-order valence-corrected chi connectivity index (χ0v) is 11.5. The van der Waals surface area contributed by atoms with E-state index >= 15 is 4.39 Å². The van der Waals surface area contributed by atoms with E-state index in [0.717, 1.165) is 0 Å². The molecule has 0 spiro atoms. The molecule has 2 aromatic rings. The number of nitrogens with zero attached hydrogens (tertiary/aromatic N) is 3. The largest absolute Gasteiger partial charge is 0.352 e. The summed E-state index contributed by atoms with van der Waals surface area (Å²) in [5, 5.41) is 0. The number of hydrogen-bond donors (Lipinski definition) is 0. The van der Waals surface area contributed by atoms with Gasteiger partial charge in [0.2, 0.25) is 0 Å². The van der Waals surface area contributed by atoms with Gasteiger partial charge in [-0.15, -0.1) is 0 Å². The molecule has 4 fully saturated rings. The van der Waals surface area contributed by atoms with Crippen LogP contribution in [0.3, 0.4) is 0 Å². The maximum atomic E-state index is 15.2. The van der Waals surface area contributed by atoms with Gasteiger partial charge in [-0.25, -0.2) is 27.9 Å². The van der Waals surface area contributed by atoms with Crippen molar-refractivity contribution in [3.8, 4) is 5.69 Å². The molecule has 110 valence electrons. The fourth-order valence-electron chi connectivity index (χ4n) is 6.77. The molecule has 6 aliphatic rings. The normalized spacial score (nSPS) is 50.1. The summed E-state index contributed by atoms with van der Waals surface area (Å²) in [5.74, 6) is 1.41. The lowest BCUT2D eigenvalue weighted by Crippen LogP contribution is -2.98. The number of alkyl halides is 1. The maximum absolute atomic E-state index is 15.2. The van der Waals surface area contributed by atoms with Crippen molar-refractivity contribution in [2.24, 2.45) is 29.6 Å². The van der Waals surface area contributed by atoms with Crippen LogP contribution in [0, 0.1) is 29.6 Å². The number of para-hydroxylation sites is 1. The highest BCUT2D eigenvalue weighted by Crippen LogP contribution is 2.94. The lowest BCUT2D eigenvalue weighted by molar-refractivity contribution is -0.495. The highest BCUT2D eigenvalue weighted by molar-refractivity contribution is 5.45. The van der Waals surface area contributed by atoms with Crippen LogP contribution in [0.2, 0.25) is 0 Å². The Morgan fingerprint density at radius 2 is 1.64 bits per heavy atom. The van der Waals surface area contributed by atoms with Crippen LogP contribution < -0.4 is 11.4 Å². The Hall–Kier alpha value is -2.11. The third-order valence-electron chi connectivity index (χ3n) is 7.30. The Kier molecular flexibility index (Phi) is 1.27. The minimum absolute atomic E-state index is 0.0128. The van der Waals surface area contributed by atoms with Crippen LogP contribution in [0.25, 0.3) is 5.69 Å². The van der Waals surface area contributed by atoms with E-state index < -0.39 is 11.7 Å². The topological polar surface area (TPSA) is 48.9 Å². The van der Waals surface area contributed by atoms with Gasteiger partial charge in [-0.05, 0) is 29.9 Å². The third kappa shape index (κ3) is 0.661. The number of benzene rings is 1. The second-order valence-corrected chi connectivity index (χ2v) is 7.47. The summed E-state index contributed by atoms with van der Waals surface area (Å²) in [6.45, 7) is 0. The van der Waals surface area contributed by atoms with Crippen molar-refractivity contribution in [1.82, 2.24) is 13.9 Å². The second-order valence-electron chi connectivity index (χ2n) is 7.47. The molecule has 6 heteroatoms. The molecule has 0 unspecified atom stereocenters. The van der Waals surface area contributed by atoms with Crippen molar-refractivity contribution in [3.63, 3.8) is 0 Å². The Balaban J connectivity index is 1.57. The van der Waals surface area contributed by atoms with Crippen molar-refractivity contribution in [2.75, 3.05) is 0 Å². The second kappa shape index (κ2) is 2.64. The molecule has 2 aliphatic heterocycles. The summed E-state index contributed by atoms with van der Waals surface area (Å²) in [6.07, 6.45) is 0. The quantitative estimate of drug-likeness (QED) is 0.779. The van der Waals surface area contributed by atoms with Crippen molar-refractivity contribution in [2.45, 2.75) is 17.8 Å². The highest BCUT2D eigenvalue weighted by Gasteiger charge is 2.98. The molecule has 22 heavy (non-hydrogen) atoms. The van der Waals surface area contributed by atoms with Gasteiger partial charge >= 0.3 is 11.4 Å². The molecule has 4 aliphatic carbocycles. The van der Waals surface area contributed by atoms with Crippen LogP contribution in [0.1, 0.15) is 12.1 Å². The summed E-state index contributed by atoms with van der Waals surface area (Å²) in [4.78, 5) is 25.6. The van der Waals surface area contributed by atoms with E-state index in [1.807, 2.05) is 6.07 Å². The van der Waals surface area contributed by atoms with Gasteiger partial charge in [0, 0.05) is 11.8 Å². The monoisotopic (exact) mass is 297 g/mol. The molecule has 0 amide bonds. The summed E-state index contributed by atoms with van der Waals surface area (Å²) in [7, 11) is 0. The zero-order chi connectivity index (χ0) is 14.5. The molecule has 2 bridgehead atoms. The molecule has 0 saturated heterocycles. The van der Waals surface area contributed by atoms with Gasteiger partial charge in [0.15, 0.2) is 0 Å². The van der Waals surface area contributed by atoms with E-state index in [1.165, 1.54) is 9.25 Å². The van der Waals surface area contributed by atoms with Crippen LogP contribution in [0.4, 0.5) is 4.39 Å². The minimum Gasteiger partial charge on any atom is -0.245 e. The first-order chi connectivity index (χ1) is 10.7. The van der Waals surface area contributed by atoms with Gasteiger partial charge in [0.05, 0.1) is 17.8 Å². The number of halogens is 1. The lowest BCUT2D eigenvalue weighted by Gasteiger charge is -2.93. The van der Waals surface area contributed by atoms with E-state index in [-0.39, 0.29) is 29.3 Å². The molecule has 3 heterocycles. The van der Waals surface area contributed by atoms with Gasteiger partial charge in [-0.3, -0.25) is 0 Å². The van der Waals surface area contributed by atoms with Crippen molar-refractivity contribution in [3.05, 3.63) is 51.3 Å². The maximum Gasteiger partial charge on any atom is 0.352 e. The molecule has 8 rings (SSSR count). The minimum atomic E-state index is -1.20. The highest BCUT2D eigenvalue weighted by atomic mass is 19.1. The molecule has 1 aromatic carbocycles. The van der Waals surface area contributed by atoms with E-state index in [9.17, 15) is 9.59 Å². The van der Waals surface area contributed by atoms with E-state index in [2.05, 4.69) is 0 Å². The SMILES string of the molecule is O=c1n(-c2ccccc2)c(=O)n2n1[C@H]1[C@@H]3[C@@H]4[C@@H]5[C@@H]3[C@H]2[C@@]5(F)[C@H]41. The van der Waals surface area contributed by atoms with Gasteiger partial charge in [-0.2, -0.15) is 0 Å². The lowest BCUT2D eigenvalue weighted by atomic mass is 9.15. The Labute approximate surface area is 123 Å². The van der Waals surface area contributed by atoms with E-state index in [4.69, 9.17) is 0 Å². The molecular formula is C16H12FN3O2. The fourth-order valence-corrected chi connectivity index (χ4v) is 6.77. The smallest absolute Gasteiger partial charge is 0.245 e. The molecule has 4 saturated carbocycles. The van der Waals surface area contributed by atoms with Crippen LogP contribution in [0.5, 0.6) is 0 Å². The molecule has 0 radical (unpaired) electrons. The first-order valence-electron chi connectivity index (χ1n) is 7.88. The molecule has 1 aromatic heterocycles. The summed E-state index contributed by atoms with van der Waals surface area (Å²) < 4.78 is 19.4. The van der Waals surface area contributed by atoms with Gasteiger partial charge in [0.25, 0.3) is 0 Å². The van der Waals surface area contributed by atoms with Crippen LogP contribution in [0.15, 0.2) is 39.9 Å². The van der Waals surface area contributed by atoms with Gasteiger partial charge in [-0.1, -0.05) is 18.2 Å². The third-order valence-corrected chi connectivity index (χ3v) is 7.30. The van der Waals surface area contributed by atoms with Crippen LogP contribution in [-0.2, 0) is 0 Å². The molecule has 5 nitrogen and oxygen atoms in total. The average Bonchev–Trinajstić information content (AvgIpc) is 2.72. The van der Waals surface area contributed by atoms with Crippen molar-refractivity contribution >= 4 is 0 Å². The number of rotatable bonds is 1. The zero-order valence-electron chi connectivity index (χ0n) is 11.5. The Morgan fingerprint density at radius 1 is 0.909 bits per heavy atom. The van der Waals surface area contributed by atoms with E-state index in [0.29, 0.717) is 23.4 Å². The number of aromatic nitrogens is 3. The first kappa shape index (κ1) is 10.6. The Bertz CT molecular complexity index is 1000.